The maximum Gasteiger partial charge on any atom is 0.262 e. The van der Waals surface area contributed by atoms with Gasteiger partial charge in [-0.15, -0.1) is 10.2 Å². The highest BCUT2D eigenvalue weighted by Gasteiger charge is 2.37. The largest absolute Gasteiger partial charge is 0.473 e. The van der Waals surface area contributed by atoms with Crippen LogP contribution in [0.25, 0.3) is 5.82 Å². The standard InChI is InChI=1S/C22H20N6O4/c29-20(14-27-21(30)16-4-1-2-5-17(16)22(27)31)26-12-8-15(9-13-26)32-19-7-6-18(24-25-19)28-11-3-10-23-28/h1-7,10-11,15H,8-9,12-14H2. The van der Waals surface area contributed by atoms with Crippen molar-refractivity contribution in [2.75, 3.05) is 19.6 Å². The number of carbonyl (C=O) groups is 3. The number of amides is 3. The fraction of sp³-hybridized carbons (Fsp3) is 0.273. The molecule has 0 N–H and O–H groups in total. The Morgan fingerprint density at radius 1 is 0.969 bits per heavy atom. The van der Waals surface area contributed by atoms with E-state index in [1.807, 2.05) is 0 Å². The zero-order valence-electron chi connectivity index (χ0n) is 17.1. The molecule has 0 spiro atoms. The molecule has 10 heteroatoms. The van der Waals surface area contributed by atoms with Crippen molar-refractivity contribution in [1.29, 1.82) is 0 Å². The van der Waals surface area contributed by atoms with Gasteiger partial charge in [-0.3, -0.25) is 19.3 Å². The summed E-state index contributed by atoms with van der Waals surface area (Å²) >= 11 is 0. The fourth-order valence-corrected chi connectivity index (χ4v) is 3.91. The number of hydrogen-bond donors (Lipinski definition) is 0. The highest BCUT2D eigenvalue weighted by Crippen LogP contribution is 2.23. The van der Waals surface area contributed by atoms with E-state index in [-0.39, 0.29) is 18.6 Å². The summed E-state index contributed by atoms with van der Waals surface area (Å²) in [5, 5.41) is 12.3. The van der Waals surface area contributed by atoms with Crippen LogP contribution in [-0.2, 0) is 4.79 Å². The molecule has 1 fully saturated rings. The summed E-state index contributed by atoms with van der Waals surface area (Å²) in [6, 6.07) is 11.9. The lowest BCUT2D eigenvalue weighted by Crippen LogP contribution is -2.47. The second-order valence-electron chi connectivity index (χ2n) is 7.62. The van der Waals surface area contributed by atoms with Crippen LogP contribution in [-0.4, -0.2) is 73.2 Å². The van der Waals surface area contributed by atoms with Crippen LogP contribution < -0.4 is 4.74 Å². The van der Waals surface area contributed by atoms with Crippen molar-refractivity contribution in [3.63, 3.8) is 0 Å². The lowest BCUT2D eigenvalue weighted by molar-refractivity contribution is -0.133. The first-order valence-corrected chi connectivity index (χ1v) is 10.3. The van der Waals surface area contributed by atoms with E-state index in [1.54, 1.807) is 64.4 Å². The average Bonchev–Trinajstić information content (AvgIpc) is 3.44. The number of imide groups is 1. The Labute approximate surface area is 183 Å². The van der Waals surface area contributed by atoms with Crippen LogP contribution in [0.3, 0.4) is 0 Å². The number of aromatic nitrogens is 4. The zero-order chi connectivity index (χ0) is 22.1. The highest BCUT2D eigenvalue weighted by molar-refractivity contribution is 6.22. The molecule has 2 aliphatic heterocycles. The van der Waals surface area contributed by atoms with Crippen LogP contribution in [0.1, 0.15) is 33.6 Å². The van der Waals surface area contributed by atoms with Gasteiger partial charge >= 0.3 is 0 Å². The minimum Gasteiger partial charge on any atom is -0.473 e. The monoisotopic (exact) mass is 432 g/mol. The lowest BCUT2D eigenvalue weighted by atomic mass is 10.1. The molecule has 1 aromatic carbocycles. The third-order valence-electron chi connectivity index (χ3n) is 5.62. The molecule has 0 saturated carbocycles. The van der Waals surface area contributed by atoms with E-state index in [4.69, 9.17) is 4.74 Å². The number of benzene rings is 1. The molecule has 1 saturated heterocycles. The molecule has 5 rings (SSSR count). The number of carbonyl (C=O) groups excluding carboxylic acids is 3. The minimum atomic E-state index is -0.422. The second-order valence-corrected chi connectivity index (χ2v) is 7.62. The van der Waals surface area contributed by atoms with E-state index in [0.29, 0.717) is 48.8 Å². The van der Waals surface area contributed by atoms with Gasteiger partial charge in [0.25, 0.3) is 11.8 Å². The molecule has 10 nitrogen and oxygen atoms in total. The summed E-state index contributed by atoms with van der Waals surface area (Å²) in [6.07, 6.45) is 4.59. The number of piperidine rings is 1. The average molecular weight is 432 g/mol. The molecule has 0 bridgehead atoms. The summed E-state index contributed by atoms with van der Waals surface area (Å²) in [5.74, 6) is -0.0856. The van der Waals surface area contributed by atoms with Gasteiger partial charge in [-0.05, 0) is 24.3 Å². The first kappa shape index (κ1) is 19.9. The normalized spacial score (nSPS) is 16.4. The van der Waals surface area contributed by atoms with E-state index in [9.17, 15) is 14.4 Å². The van der Waals surface area contributed by atoms with E-state index in [2.05, 4.69) is 15.3 Å². The van der Waals surface area contributed by atoms with E-state index < -0.39 is 11.8 Å². The maximum absolute atomic E-state index is 12.7. The fourth-order valence-electron chi connectivity index (χ4n) is 3.91. The first-order chi connectivity index (χ1) is 15.6. The Kier molecular flexibility index (Phi) is 5.10. The summed E-state index contributed by atoms with van der Waals surface area (Å²) in [7, 11) is 0. The Bertz CT molecular complexity index is 1120. The number of rotatable bonds is 5. The van der Waals surface area contributed by atoms with Crippen molar-refractivity contribution in [3.8, 4) is 11.7 Å². The predicted molar refractivity (Wildman–Crippen MR) is 111 cm³/mol. The zero-order valence-corrected chi connectivity index (χ0v) is 17.1. The summed E-state index contributed by atoms with van der Waals surface area (Å²) in [4.78, 5) is 40.4. The van der Waals surface area contributed by atoms with E-state index in [0.717, 1.165) is 4.90 Å². The number of nitrogens with zero attached hydrogens (tertiary/aromatic N) is 6. The number of fused-ring (bicyclic) bond motifs is 1. The Morgan fingerprint density at radius 3 is 2.28 bits per heavy atom. The molecule has 2 aromatic heterocycles. The molecular weight excluding hydrogens is 412 g/mol. The van der Waals surface area contributed by atoms with Crippen LogP contribution in [0.2, 0.25) is 0 Å². The molecule has 3 aromatic rings. The topological polar surface area (TPSA) is 111 Å². The molecule has 0 unspecified atom stereocenters. The molecule has 0 atom stereocenters. The maximum atomic E-state index is 12.7. The van der Waals surface area contributed by atoms with Gasteiger partial charge in [-0.1, -0.05) is 12.1 Å². The first-order valence-electron chi connectivity index (χ1n) is 10.3. The van der Waals surface area contributed by atoms with Gasteiger partial charge < -0.3 is 9.64 Å². The van der Waals surface area contributed by atoms with Crippen LogP contribution in [0.5, 0.6) is 5.88 Å². The predicted octanol–water partition coefficient (Wildman–Crippen LogP) is 1.33. The minimum absolute atomic E-state index is 0.0943. The molecule has 0 radical (unpaired) electrons. The molecule has 162 valence electrons. The molecule has 3 amide bonds. The van der Waals surface area contributed by atoms with Crippen LogP contribution >= 0.6 is 0 Å². The molecule has 4 heterocycles. The summed E-state index contributed by atoms with van der Waals surface area (Å²) in [6.45, 7) is 0.704. The Morgan fingerprint density at radius 2 is 1.69 bits per heavy atom. The van der Waals surface area contributed by atoms with Crippen LogP contribution in [0, 0.1) is 0 Å². The molecule has 2 aliphatic rings. The van der Waals surface area contributed by atoms with Gasteiger partial charge in [0.15, 0.2) is 5.82 Å². The molecule has 0 aliphatic carbocycles. The van der Waals surface area contributed by atoms with Crippen molar-refractivity contribution in [2.45, 2.75) is 18.9 Å². The van der Waals surface area contributed by atoms with Crippen molar-refractivity contribution >= 4 is 17.7 Å². The Hall–Kier alpha value is -4.08. The number of hydrogen-bond acceptors (Lipinski definition) is 7. The number of likely N-dealkylation sites (tertiary alicyclic amines) is 1. The van der Waals surface area contributed by atoms with Gasteiger partial charge in [0.1, 0.15) is 12.6 Å². The Balaban J connectivity index is 1.14. The lowest BCUT2D eigenvalue weighted by Gasteiger charge is -2.32. The van der Waals surface area contributed by atoms with Gasteiger partial charge in [0.2, 0.25) is 11.8 Å². The molecular formula is C22H20N6O4. The SMILES string of the molecule is O=C(CN1C(=O)c2ccccc2C1=O)N1CCC(Oc2ccc(-n3cccn3)nn2)CC1. The van der Waals surface area contributed by atoms with Gasteiger partial charge in [-0.2, -0.15) is 5.10 Å². The van der Waals surface area contributed by atoms with Crippen molar-refractivity contribution in [2.24, 2.45) is 0 Å². The van der Waals surface area contributed by atoms with Gasteiger partial charge in [0, 0.05) is 44.4 Å². The van der Waals surface area contributed by atoms with Crippen LogP contribution in [0.4, 0.5) is 0 Å². The van der Waals surface area contributed by atoms with Crippen molar-refractivity contribution in [1.82, 2.24) is 29.8 Å². The number of ether oxygens (including phenoxy) is 1. The molecule has 32 heavy (non-hydrogen) atoms. The van der Waals surface area contributed by atoms with Crippen LogP contribution in [0.15, 0.2) is 54.9 Å². The quantitative estimate of drug-likeness (QED) is 0.559. The smallest absolute Gasteiger partial charge is 0.262 e. The van der Waals surface area contributed by atoms with E-state index >= 15 is 0 Å². The second kappa shape index (κ2) is 8.22. The van der Waals surface area contributed by atoms with Gasteiger partial charge in [-0.25, -0.2) is 4.68 Å². The van der Waals surface area contributed by atoms with Gasteiger partial charge in [0.05, 0.1) is 11.1 Å². The highest BCUT2D eigenvalue weighted by atomic mass is 16.5. The third-order valence-corrected chi connectivity index (χ3v) is 5.62. The van der Waals surface area contributed by atoms with E-state index in [1.165, 1.54) is 0 Å². The summed E-state index contributed by atoms with van der Waals surface area (Å²) in [5.41, 5.74) is 0.689. The van der Waals surface area contributed by atoms with Crippen molar-refractivity contribution < 1.29 is 19.1 Å². The summed E-state index contributed by atoms with van der Waals surface area (Å²) < 4.78 is 7.51. The third kappa shape index (κ3) is 3.70. The van der Waals surface area contributed by atoms with Crippen molar-refractivity contribution in [3.05, 3.63) is 66.0 Å².